The Balaban J connectivity index is 2.01. The van der Waals surface area contributed by atoms with Crippen LogP contribution in [0.2, 0.25) is 0 Å². The van der Waals surface area contributed by atoms with E-state index in [1.54, 1.807) is 24.1 Å². The fourth-order valence-electron chi connectivity index (χ4n) is 1.53. The quantitative estimate of drug-likeness (QED) is 0.485. The van der Waals surface area contributed by atoms with E-state index >= 15 is 0 Å². The zero-order valence-electron chi connectivity index (χ0n) is 9.65. The number of amides is 1. The summed E-state index contributed by atoms with van der Waals surface area (Å²) >= 11 is 0. The van der Waals surface area contributed by atoms with E-state index in [2.05, 4.69) is 4.98 Å². The largest absolute Gasteiger partial charge is 0.333 e. The molecule has 5 heteroatoms. The number of hydrogen-bond donors (Lipinski definition) is 2. The van der Waals surface area contributed by atoms with Crippen molar-refractivity contribution in [2.45, 2.75) is 6.54 Å². The second-order valence-electron chi connectivity index (χ2n) is 3.79. The topological polar surface area (TPSA) is 67.2 Å². The van der Waals surface area contributed by atoms with Crippen LogP contribution in [-0.2, 0) is 11.3 Å². The summed E-state index contributed by atoms with van der Waals surface area (Å²) in [5.41, 5.74) is 3.59. The predicted octanol–water partition coefficient (Wildman–Crippen LogP) is 1.45. The number of imidazole rings is 1. The van der Waals surface area contributed by atoms with Crippen molar-refractivity contribution < 1.29 is 10.0 Å². The summed E-state index contributed by atoms with van der Waals surface area (Å²) in [5.74, 6) is -0.544. The first-order valence-electron chi connectivity index (χ1n) is 5.45. The number of nitrogens with one attached hydrogen (secondary N) is 1. The summed E-state index contributed by atoms with van der Waals surface area (Å²) in [7, 11) is 0. The summed E-state index contributed by atoms with van der Waals surface area (Å²) in [5, 5.41) is 8.34. The van der Waals surface area contributed by atoms with Gasteiger partial charge < -0.3 is 4.57 Å². The van der Waals surface area contributed by atoms with Gasteiger partial charge in [-0.1, -0.05) is 24.3 Å². The normalized spacial score (nSPS) is 10.7. The first-order chi connectivity index (χ1) is 8.78. The number of aromatic nitrogens is 2. The van der Waals surface area contributed by atoms with Gasteiger partial charge in [-0.25, -0.2) is 10.5 Å². The molecule has 1 aromatic heterocycles. The first kappa shape index (κ1) is 12.1. The number of carbonyl (C=O) groups excluding carboxylic acids is 1. The molecule has 18 heavy (non-hydrogen) atoms. The number of hydroxylamine groups is 1. The Kier molecular flexibility index (Phi) is 3.88. The highest BCUT2D eigenvalue weighted by Gasteiger charge is 1.95. The highest BCUT2D eigenvalue weighted by atomic mass is 16.5. The summed E-state index contributed by atoms with van der Waals surface area (Å²) in [6, 6.07) is 7.79. The molecule has 0 spiro atoms. The Hall–Kier alpha value is -2.40. The van der Waals surface area contributed by atoms with Crippen LogP contribution in [0, 0.1) is 0 Å². The van der Waals surface area contributed by atoms with Gasteiger partial charge in [0.25, 0.3) is 5.91 Å². The highest BCUT2D eigenvalue weighted by Crippen LogP contribution is 2.07. The molecule has 92 valence electrons. The number of nitrogens with zero attached hydrogens (tertiary/aromatic N) is 2. The number of carbonyl (C=O) groups is 1. The van der Waals surface area contributed by atoms with Crippen molar-refractivity contribution in [2.24, 2.45) is 0 Å². The number of rotatable bonds is 4. The number of benzene rings is 1. The molecule has 0 aliphatic heterocycles. The third kappa shape index (κ3) is 3.29. The van der Waals surface area contributed by atoms with Crippen molar-refractivity contribution in [1.29, 1.82) is 0 Å². The maximum absolute atomic E-state index is 10.8. The summed E-state index contributed by atoms with van der Waals surface area (Å²) in [6.07, 6.45) is 8.31. The fourth-order valence-corrected chi connectivity index (χ4v) is 1.53. The van der Waals surface area contributed by atoms with Crippen molar-refractivity contribution in [2.75, 3.05) is 0 Å². The molecule has 1 amide bonds. The predicted molar refractivity (Wildman–Crippen MR) is 66.7 cm³/mol. The van der Waals surface area contributed by atoms with Gasteiger partial charge in [0.2, 0.25) is 0 Å². The zero-order chi connectivity index (χ0) is 12.8. The van der Waals surface area contributed by atoms with E-state index in [-0.39, 0.29) is 0 Å². The lowest BCUT2D eigenvalue weighted by molar-refractivity contribution is -0.124. The standard InChI is InChI=1S/C13H13N3O2/c17-13(15-18)6-5-11-1-3-12(4-2-11)9-16-8-7-14-10-16/h1-8,10,18H,9H2,(H,15,17). The molecule has 1 heterocycles. The molecule has 0 unspecified atom stereocenters. The Morgan fingerprint density at radius 1 is 1.39 bits per heavy atom. The Morgan fingerprint density at radius 2 is 2.17 bits per heavy atom. The molecule has 2 rings (SSSR count). The molecule has 0 atom stereocenters. The average Bonchev–Trinajstić information content (AvgIpc) is 2.90. The summed E-state index contributed by atoms with van der Waals surface area (Å²) < 4.78 is 1.98. The maximum atomic E-state index is 10.8. The molecule has 0 aliphatic carbocycles. The van der Waals surface area contributed by atoms with Crippen molar-refractivity contribution in [1.82, 2.24) is 15.0 Å². The van der Waals surface area contributed by atoms with Gasteiger partial charge in [0, 0.05) is 25.0 Å². The average molecular weight is 243 g/mol. The van der Waals surface area contributed by atoms with Crippen LogP contribution in [0.3, 0.4) is 0 Å². The Morgan fingerprint density at radius 3 is 2.78 bits per heavy atom. The molecule has 1 aromatic carbocycles. The van der Waals surface area contributed by atoms with Crippen LogP contribution < -0.4 is 5.48 Å². The minimum atomic E-state index is -0.544. The second-order valence-corrected chi connectivity index (χ2v) is 3.79. The van der Waals surface area contributed by atoms with Crippen molar-refractivity contribution >= 4 is 12.0 Å². The van der Waals surface area contributed by atoms with E-state index in [4.69, 9.17) is 5.21 Å². The molecule has 2 aromatic rings. The van der Waals surface area contributed by atoms with Crippen LogP contribution >= 0.6 is 0 Å². The molecule has 0 saturated carbocycles. The molecule has 5 nitrogen and oxygen atoms in total. The van der Waals surface area contributed by atoms with Gasteiger partial charge in [-0.05, 0) is 17.2 Å². The minimum absolute atomic E-state index is 0.544. The van der Waals surface area contributed by atoms with Gasteiger partial charge in [-0.15, -0.1) is 0 Å². The van der Waals surface area contributed by atoms with E-state index in [0.29, 0.717) is 0 Å². The van der Waals surface area contributed by atoms with Gasteiger partial charge in [-0.2, -0.15) is 0 Å². The molecular weight excluding hydrogens is 230 g/mol. The third-order valence-corrected chi connectivity index (χ3v) is 2.44. The van der Waals surface area contributed by atoms with Crippen molar-refractivity contribution in [3.63, 3.8) is 0 Å². The van der Waals surface area contributed by atoms with Crippen LogP contribution in [0.1, 0.15) is 11.1 Å². The van der Waals surface area contributed by atoms with Crippen LogP contribution in [-0.4, -0.2) is 20.7 Å². The Labute approximate surface area is 104 Å². The molecular formula is C13H13N3O2. The molecule has 0 aliphatic rings. The Bertz CT molecular complexity index is 530. The van der Waals surface area contributed by atoms with Gasteiger partial charge in [0.15, 0.2) is 0 Å². The van der Waals surface area contributed by atoms with Crippen LogP contribution in [0.15, 0.2) is 49.1 Å². The van der Waals surface area contributed by atoms with Crippen LogP contribution in [0.25, 0.3) is 6.08 Å². The van der Waals surface area contributed by atoms with Crippen molar-refractivity contribution in [3.8, 4) is 0 Å². The summed E-state index contributed by atoms with van der Waals surface area (Å²) in [6.45, 7) is 0.765. The van der Waals surface area contributed by atoms with Crippen molar-refractivity contribution in [3.05, 3.63) is 60.2 Å². The van der Waals surface area contributed by atoms with Crippen LogP contribution in [0.5, 0.6) is 0 Å². The van der Waals surface area contributed by atoms with Crippen LogP contribution in [0.4, 0.5) is 0 Å². The maximum Gasteiger partial charge on any atom is 0.267 e. The first-order valence-corrected chi connectivity index (χ1v) is 5.45. The molecule has 0 fully saturated rings. The lowest BCUT2D eigenvalue weighted by atomic mass is 10.1. The monoisotopic (exact) mass is 243 g/mol. The SMILES string of the molecule is O=C(C=Cc1ccc(Cn2ccnc2)cc1)NO. The smallest absolute Gasteiger partial charge is 0.267 e. The van der Waals surface area contributed by atoms with E-state index in [0.717, 1.165) is 17.7 Å². The van der Waals surface area contributed by atoms with Gasteiger partial charge in [0.05, 0.1) is 6.33 Å². The highest BCUT2D eigenvalue weighted by molar-refractivity contribution is 5.90. The van der Waals surface area contributed by atoms with E-state index in [9.17, 15) is 4.79 Å². The minimum Gasteiger partial charge on any atom is -0.333 e. The third-order valence-electron chi connectivity index (χ3n) is 2.44. The zero-order valence-corrected chi connectivity index (χ0v) is 9.65. The fraction of sp³-hybridized carbons (Fsp3) is 0.0769. The van der Waals surface area contributed by atoms with Gasteiger partial charge in [-0.3, -0.25) is 10.0 Å². The van der Waals surface area contributed by atoms with E-state index < -0.39 is 5.91 Å². The van der Waals surface area contributed by atoms with E-state index in [1.807, 2.05) is 35.0 Å². The van der Waals surface area contributed by atoms with Gasteiger partial charge >= 0.3 is 0 Å². The van der Waals surface area contributed by atoms with E-state index in [1.165, 1.54) is 6.08 Å². The molecule has 0 saturated heterocycles. The molecule has 0 radical (unpaired) electrons. The molecule has 0 bridgehead atoms. The molecule has 2 N–H and O–H groups in total. The summed E-state index contributed by atoms with van der Waals surface area (Å²) in [4.78, 5) is 14.8. The lowest BCUT2D eigenvalue weighted by Crippen LogP contribution is -2.14. The second kappa shape index (κ2) is 5.79. The lowest BCUT2D eigenvalue weighted by Gasteiger charge is -2.02. The van der Waals surface area contributed by atoms with Gasteiger partial charge in [0.1, 0.15) is 0 Å². The number of hydrogen-bond acceptors (Lipinski definition) is 3.